The molecule has 1 heterocycles. The molecule has 1 aliphatic rings. The molecule has 1 saturated heterocycles. The summed E-state index contributed by atoms with van der Waals surface area (Å²) < 4.78 is 27.0. The van der Waals surface area contributed by atoms with Crippen LogP contribution in [0, 0.1) is 0 Å². The summed E-state index contributed by atoms with van der Waals surface area (Å²) in [5.74, 6) is 0. The van der Waals surface area contributed by atoms with Gasteiger partial charge >= 0.3 is 0 Å². The number of hydrogen-bond acceptors (Lipinski definition) is 4. The fourth-order valence-corrected chi connectivity index (χ4v) is 2.44. The summed E-state index contributed by atoms with van der Waals surface area (Å²) >= 11 is 0. The molecule has 0 aromatic carbocycles. The molecule has 0 radical (unpaired) electrons. The SMILES string of the molecule is CC.CN1CCC(C)(OS(C)(=O)=O)CC1. The van der Waals surface area contributed by atoms with Gasteiger partial charge in [0.05, 0.1) is 11.9 Å². The lowest BCUT2D eigenvalue weighted by Gasteiger charge is -2.36. The zero-order chi connectivity index (χ0) is 12.1. The van der Waals surface area contributed by atoms with Crippen molar-refractivity contribution in [3.63, 3.8) is 0 Å². The van der Waals surface area contributed by atoms with Crippen LogP contribution in [0.5, 0.6) is 0 Å². The smallest absolute Gasteiger partial charge is 0.264 e. The predicted molar refractivity (Wildman–Crippen MR) is 62.4 cm³/mol. The highest BCUT2D eigenvalue weighted by atomic mass is 32.2. The van der Waals surface area contributed by atoms with Crippen molar-refractivity contribution in [2.75, 3.05) is 26.4 Å². The second kappa shape index (κ2) is 5.82. The van der Waals surface area contributed by atoms with E-state index in [4.69, 9.17) is 4.18 Å². The van der Waals surface area contributed by atoms with E-state index < -0.39 is 15.7 Å². The second-order valence-electron chi connectivity index (χ2n) is 4.04. The Balaban J connectivity index is 0.000000921. The van der Waals surface area contributed by atoms with Gasteiger partial charge in [-0.1, -0.05) is 13.8 Å². The Morgan fingerprint density at radius 1 is 1.20 bits per heavy atom. The molecule has 0 spiro atoms. The summed E-state index contributed by atoms with van der Waals surface area (Å²) in [5.41, 5.74) is -0.486. The van der Waals surface area contributed by atoms with Gasteiger partial charge in [0.2, 0.25) is 0 Å². The second-order valence-corrected chi connectivity index (χ2v) is 5.62. The molecule has 4 nitrogen and oxygen atoms in total. The van der Waals surface area contributed by atoms with Gasteiger partial charge in [0.15, 0.2) is 0 Å². The fraction of sp³-hybridized carbons (Fsp3) is 1.00. The van der Waals surface area contributed by atoms with Crippen LogP contribution in [-0.4, -0.2) is 45.3 Å². The molecule has 0 amide bonds. The van der Waals surface area contributed by atoms with E-state index >= 15 is 0 Å². The molecule has 0 saturated carbocycles. The van der Waals surface area contributed by atoms with Crippen LogP contribution in [0.25, 0.3) is 0 Å². The van der Waals surface area contributed by atoms with E-state index in [2.05, 4.69) is 4.90 Å². The highest BCUT2D eigenvalue weighted by Crippen LogP contribution is 2.26. The number of likely N-dealkylation sites (tertiary alicyclic amines) is 1. The summed E-state index contributed by atoms with van der Waals surface area (Å²) in [6.45, 7) is 7.65. The van der Waals surface area contributed by atoms with E-state index in [0.717, 1.165) is 32.2 Å². The third-order valence-corrected chi connectivity index (χ3v) is 3.10. The fourth-order valence-electron chi connectivity index (χ4n) is 1.54. The van der Waals surface area contributed by atoms with Crippen molar-refractivity contribution >= 4 is 10.1 Å². The van der Waals surface area contributed by atoms with Crippen LogP contribution in [0.1, 0.15) is 33.6 Å². The predicted octanol–water partition coefficient (Wildman–Crippen LogP) is 1.47. The molecule has 1 aliphatic heterocycles. The Bertz CT molecular complexity index is 266. The van der Waals surface area contributed by atoms with Crippen molar-refractivity contribution in [2.45, 2.75) is 39.2 Å². The average molecular weight is 237 g/mol. The third kappa shape index (κ3) is 6.12. The first-order valence-electron chi connectivity index (χ1n) is 5.40. The van der Waals surface area contributed by atoms with Gasteiger partial charge in [-0.2, -0.15) is 8.42 Å². The van der Waals surface area contributed by atoms with Crippen LogP contribution in [-0.2, 0) is 14.3 Å². The van der Waals surface area contributed by atoms with Crippen LogP contribution in [0.15, 0.2) is 0 Å². The number of rotatable bonds is 2. The van der Waals surface area contributed by atoms with Crippen molar-refractivity contribution in [2.24, 2.45) is 0 Å². The van der Waals surface area contributed by atoms with Crippen LogP contribution in [0.4, 0.5) is 0 Å². The van der Waals surface area contributed by atoms with Gasteiger partial charge in [-0.3, -0.25) is 4.18 Å². The lowest BCUT2D eigenvalue weighted by atomic mass is 9.94. The molecule has 0 unspecified atom stereocenters. The van der Waals surface area contributed by atoms with Crippen molar-refractivity contribution in [3.8, 4) is 0 Å². The molecule has 0 atom stereocenters. The molecule has 0 N–H and O–H groups in total. The van der Waals surface area contributed by atoms with Crippen LogP contribution in [0.3, 0.4) is 0 Å². The Kier molecular flexibility index (Phi) is 5.77. The van der Waals surface area contributed by atoms with Crippen LogP contribution >= 0.6 is 0 Å². The van der Waals surface area contributed by atoms with E-state index in [0.29, 0.717) is 0 Å². The minimum atomic E-state index is -3.32. The maximum atomic E-state index is 11.0. The molecule has 92 valence electrons. The Labute approximate surface area is 93.7 Å². The molecule has 0 aromatic heterocycles. The standard InChI is InChI=1S/C8H17NO3S.C2H6/c1-8(12-13(3,10)11)4-6-9(2)7-5-8;1-2/h4-7H2,1-3H3;1-2H3. The third-order valence-electron chi connectivity index (χ3n) is 2.40. The molecule has 0 bridgehead atoms. The molecular weight excluding hydrogens is 214 g/mol. The number of hydrogen-bond donors (Lipinski definition) is 0. The maximum absolute atomic E-state index is 11.0. The molecular formula is C10H23NO3S. The van der Waals surface area contributed by atoms with Gasteiger partial charge in [0.1, 0.15) is 0 Å². The zero-order valence-corrected chi connectivity index (χ0v) is 11.2. The molecule has 0 aromatic rings. The van der Waals surface area contributed by atoms with Crippen molar-refractivity contribution in [1.29, 1.82) is 0 Å². The highest BCUT2D eigenvalue weighted by Gasteiger charge is 2.32. The topological polar surface area (TPSA) is 46.6 Å². The summed E-state index contributed by atoms with van der Waals surface area (Å²) in [6, 6.07) is 0. The molecule has 1 rings (SSSR count). The molecule has 0 aliphatic carbocycles. The summed E-state index contributed by atoms with van der Waals surface area (Å²) in [4.78, 5) is 2.17. The maximum Gasteiger partial charge on any atom is 0.264 e. The van der Waals surface area contributed by atoms with Crippen molar-refractivity contribution < 1.29 is 12.6 Å². The van der Waals surface area contributed by atoms with Gasteiger partial charge in [0, 0.05) is 13.1 Å². The normalized spacial score (nSPS) is 21.7. The van der Waals surface area contributed by atoms with E-state index in [9.17, 15) is 8.42 Å². The monoisotopic (exact) mass is 237 g/mol. The molecule has 5 heteroatoms. The zero-order valence-electron chi connectivity index (χ0n) is 10.4. The minimum Gasteiger partial charge on any atom is -0.306 e. The Morgan fingerprint density at radius 3 is 1.93 bits per heavy atom. The van der Waals surface area contributed by atoms with Crippen molar-refractivity contribution in [3.05, 3.63) is 0 Å². The minimum absolute atomic E-state index is 0.486. The lowest BCUT2D eigenvalue weighted by molar-refractivity contribution is 0.0309. The largest absolute Gasteiger partial charge is 0.306 e. The van der Waals surface area contributed by atoms with Crippen molar-refractivity contribution in [1.82, 2.24) is 4.90 Å². The number of nitrogens with zero attached hydrogens (tertiary/aromatic N) is 1. The van der Waals surface area contributed by atoms with Gasteiger partial charge in [-0.15, -0.1) is 0 Å². The first-order valence-corrected chi connectivity index (χ1v) is 7.22. The summed E-state index contributed by atoms with van der Waals surface area (Å²) in [5, 5.41) is 0. The average Bonchev–Trinajstić information content (AvgIpc) is 2.11. The Hall–Kier alpha value is -0.130. The van der Waals surface area contributed by atoms with E-state index in [1.54, 1.807) is 0 Å². The van der Waals surface area contributed by atoms with Gasteiger partial charge < -0.3 is 4.90 Å². The quantitative estimate of drug-likeness (QED) is 0.682. The van der Waals surface area contributed by atoms with Gasteiger partial charge in [-0.05, 0) is 26.8 Å². The molecule has 1 fully saturated rings. The summed E-state index contributed by atoms with van der Waals surface area (Å²) in [7, 11) is -1.29. The van der Waals surface area contributed by atoms with Gasteiger partial charge in [-0.25, -0.2) is 0 Å². The first-order chi connectivity index (χ1) is 6.81. The Morgan fingerprint density at radius 2 is 1.60 bits per heavy atom. The van der Waals surface area contributed by atoms with E-state index in [1.807, 2.05) is 27.8 Å². The molecule has 15 heavy (non-hydrogen) atoms. The van der Waals surface area contributed by atoms with E-state index in [-0.39, 0.29) is 0 Å². The number of piperidine rings is 1. The summed E-state index contributed by atoms with van der Waals surface area (Å²) in [6.07, 6.45) is 2.66. The van der Waals surface area contributed by atoms with Crippen LogP contribution < -0.4 is 0 Å². The van der Waals surface area contributed by atoms with Gasteiger partial charge in [0.25, 0.3) is 10.1 Å². The highest BCUT2D eigenvalue weighted by molar-refractivity contribution is 7.86. The van der Waals surface area contributed by atoms with E-state index in [1.165, 1.54) is 0 Å². The van der Waals surface area contributed by atoms with Crippen LogP contribution in [0.2, 0.25) is 0 Å². The lowest BCUT2D eigenvalue weighted by Crippen LogP contribution is -2.43. The first kappa shape index (κ1) is 14.9.